The minimum absolute atomic E-state index is 0.139. The van der Waals surface area contributed by atoms with E-state index in [1.54, 1.807) is 7.05 Å². The number of aliphatic hydroxyl groups excluding tert-OH is 8. The smallest absolute Gasteiger partial charge is 0.251 e. The monoisotopic (exact) mass is 414 g/mol. The number of amides is 1. The second-order valence-corrected chi connectivity index (χ2v) is 6.38. The lowest BCUT2D eigenvalue weighted by atomic mass is 9.98. The molecule has 13 heteroatoms. The Hall–Kier alpha value is -0.970. The van der Waals surface area contributed by atoms with Gasteiger partial charge in [0.2, 0.25) is 0 Å². The van der Waals surface area contributed by atoms with Crippen LogP contribution in [-0.2, 0) is 14.3 Å². The average molecular weight is 414 g/mol. The lowest BCUT2D eigenvalue weighted by molar-refractivity contribution is -0.326. The van der Waals surface area contributed by atoms with Crippen molar-refractivity contribution in [1.82, 2.24) is 10.6 Å². The van der Waals surface area contributed by atoms with Crippen LogP contribution in [-0.4, -0.2) is 135 Å². The van der Waals surface area contributed by atoms with Crippen molar-refractivity contribution in [1.29, 1.82) is 0 Å². The lowest BCUT2D eigenvalue weighted by Gasteiger charge is -2.42. The number of ether oxygens (including phenoxy) is 2. The van der Waals surface area contributed by atoms with Crippen LogP contribution in [0.15, 0.2) is 0 Å². The van der Waals surface area contributed by atoms with E-state index in [2.05, 4.69) is 10.6 Å². The highest BCUT2D eigenvalue weighted by molar-refractivity contribution is 5.81. The molecule has 1 heterocycles. The zero-order valence-corrected chi connectivity index (χ0v) is 15.3. The Morgan fingerprint density at radius 2 is 1.71 bits per heavy atom. The molecule has 0 bridgehead atoms. The van der Waals surface area contributed by atoms with E-state index in [1.807, 2.05) is 0 Å². The van der Waals surface area contributed by atoms with Crippen LogP contribution in [0, 0.1) is 0 Å². The van der Waals surface area contributed by atoms with Gasteiger partial charge in [-0.1, -0.05) is 0 Å². The van der Waals surface area contributed by atoms with E-state index in [0.717, 1.165) is 0 Å². The van der Waals surface area contributed by atoms with Crippen molar-refractivity contribution in [2.45, 2.75) is 55.1 Å². The highest BCUT2D eigenvalue weighted by Crippen LogP contribution is 2.25. The molecule has 28 heavy (non-hydrogen) atoms. The molecule has 1 amide bonds. The van der Waals surface area contributed by atoms with Crippen molar-refractivity contribution < 1.29 is 55.1 Å². The Balaban J connectivity index is 2.88. The number of hydrogen-bond acceptors (Lipinski definition) is 12. The van der Waals surface area contributed by atoms with Crippen LogP contribution in [0.3, 0.4) is 0 Å². The van der Waals surface area contributed by atoms with Crippen LogP contribution in [0.25, 0.3) is 0 Å². The second kappa shape index (κ2) is 11.9. The van der Waals surface area contributed by atoms with Crippen LogP contribution >= 0.6 is 0 Å². The summed E-state index contributed by atoms with van der Waals surface area (Å²) < 4.78 is 10.3. The predicted octanol–water partition coefficient (Wildman–Crippen LogP) is -6.42. The molecule has 166 valence electrons. The van der Waals surface area contributed by atoms with Gasteiger partial charge in [0.1, 0.15) is 42.7 Å². The summed E-state index contributed by atoms with van der Waals surface area (Å²) in [4.78, 5) is 11.9. The number of hydrogen-bond donors (Lipinski definition) is 10. The first-order chi connectivity index (χ1) is 13.2. The standard InChI is InChI=1S/C15H30N2O11/c1-16-2-3-17-14(26)11(24)10(23)13(6(20)4-18)28-15-12(25)9(22)8(21)7(5-19)27-15/h6-13,15-16,18-25H,2-5H2,1H3,(H,17,26). The zero-order chi connectivity index (χ0) is 21.4. The van der Waals surface area contributed by atoms with E-state index in [-0.39, 0.29) is 6.54 Å². The third kappa shape index (κ3) is 6.27. The summed E-state index contributed by atoms with van der Waals surface area (Å²) in [5, 5.41) is 83.1. The molecule has 0 aliphatic carbocycles. The van der Waals surface area contributed by atoms with Gasteiger partial charge in [0, 0.05) is 13.1 Å². The second-order valence-electron chi connectivity index (χ2n) is 6.38. The predicted molar refractivity (Wildman–Crippen MR) is 90.7 cm³/mol. The molecule has 1 fully saturated rings. The summed E-state index contributed by atoms with van der Waals surface area (Å²) in [5.41, 5.74) is 0. The highest BCUT2D eigenvalue weighted by atomic mass is 16.7. The molecule has 0 radical (unpaired) electrons. The first kappa shape index (κ1) is 25.1. The van der Waals surface area contributed by atoms with Gasteiger partial charge in [-0.05, 0) is 7.05 Å². The Morgan fingerprint density at radius 3 is 2.25 bits per heavy atom. The zero-order valence-electron chi connectivity index (χ0n) is 15.3. The fraction of sp³-hybridized carbons (Fsp3) is 0.933. The van der Waals surface area contributed by atoms with Crippen molar-refractivity contribution >= 4 is 5.91 Å². The number of rotatable bonds is 11. The fourth-order valence-electron chi connectivity index (χ4n) is 2.59. The van der Waals surface area contributed by atoms with Crippen LogP contribution in [0.4, 0.5) is 0 Å². The summed E-state index contributed by atoms with van der Waals surface area (Å²) >= 11 is 0. The summed E-state index contributed by atoms with van der Waals surface area (Å²) in [6, 6.07) is 0. The topological polar surface area (TPSA) is 221 Å². The first-order valence-electron chi connectivity index (χ1n) is 8.72. The molecule has 10 N–H and O–H groups in total. The van der Waals surface area contributed by atoms with E-state index in [9.17, 15) is 45.6 Å². The van der Waals surface area contributed by atoms with Gasteiger partial charge in [0.05, 0.1) is 13.2 Å². The number of nitrogens with one attached hydrogen (secondary N) is 2. The molecule has 1 saturated heterocycles. The Kier molecular flexibility index (Phi) is 10.6. The Bertz CT molecular complexity index is 469. The number of likely N-dealkylation sites (N-methyl/N-ethyl adjacent to an activating group) is 1. The van der Waals surface area contributed by atoms with E-state index in [0.29, 0.717) is 6.54 Å². The first-order valence-corrected chi connectivity index (χ1v) is 8.72. The minimum Gasteiger partial charge on any atom is -0.394 e. The summed E-state index contributed by atoms with van der Waals surface area (Å²) in [5.74, 6) is -0.977. The molecule has 0 aromatic rings. The minimum atomic E-state index is -2.06. The van der Waals surface area contributed by atoms with Crippen molar-refractivity contribution in [3.05, 3.63) is 0 Å². The molecule has 1 aliphatic heterocycles. The van der Waals surface area contributed by atoms with Crippen molar-refractivity contribution in [2.75, 3.05) is 33.4 Å². The molecular weight excluding hydrogens is 384 g/mol. The lowest BCUT2D eigenvalue weighted by Crippen LogP contribution is -2.62. The van der Waals surface area contributed by atoms with Crippen LogP contribution in [0.1, 0.15) is 0 Å². The molecule has 13 nitrogen and oxygen atoms in total. The number of carbonyl (C=O) groups excluding carboxylic acids is 1. The Labute approximate surface area is 161 Å². The third-order valence-corrected chi connectivity index (χ3v) is 4.31. The van der Waals surface area contributed by atoms with E-state index in [1.165, 1.54) is 0 Å². The number of aliphatic hydroxyl groups is 8. The van der Waals surface area contributed by atoms with E-state index < -0.39 is 74.2 Å². The van der Waals surface area contributed by atoms with Crippen LogP contribution in [0.5, 0.6) is 0 Å². The maximum atomic E-state index is 11.9. The van der Waals surface area contributed by atoms with Gasteiger partial charge < -0.3 is 61.0 Å². The molecule has 0 spiro atoms. The van der Waals surface area contributed by atoms with Gasteiger partial charge in [-0.25, -0.2) is 0 Å². The maximum absolute atomic E-state index is 11.9. The van der Waals surface area contributed by atoms with Crippen molar-refractivity contribution in [2.24, 2.45) is 0 Å². The molecule has 0 saturated carbocycles. The van der Waals surface area contributed by atoms with Gasteiger partial charge in [-0.15, -0.1) is 0 Å². The molecule has 1 aliphatic rings. The van der Waals surface area contributed by atoms with E-state index in [4.69, 9.17) is 9.47 Å². The molecule has 0 aromatic carbocycles. The van der Waals surface area contributed by atoms with Gasteiger partial charge >= 0.3 is 0 Å². The normalized spacial score (nSPS) is 32.4. The maximum Gasteiger partial charge on any atom is 0.251 e. The van der Waals surface area contributed by atoms with Crippen molar-refractivity contribution in [3.8, 4) is 0 Å². The van der Waals surface area contributed by atoms with Crippen LogP contribution in [0.2, 0.25) is 0 Å². The van der Waals surface area contributed by atoms with E-state index >= 15 is 0 Å². The van der Waals surface area contributed by atoms with Crippen LogP contribution < -0.4 is 10.6 Å². The summed E-state index contributed by atoms with van der Waals surface area (Å²) in [7, 11) is 1.64. The summed E-state index contributed by atoms with van der Waals surface area (Å²) in [6.45, 7) is -1.15. The quantitative estimate of drug-likeness (QED) is 0.143. The molecule has 9 unspecified atom stereocenters. The molecule has 0 aromatic heterocycles. The highest BCUT2D eigenvalue weighted by Gasteiger charge is 2.47. The summed E-state index contributed by atoms with van der Waals surface area (Å²) in [6.07, 6.45) is -16.1. The third-order valence-electron chi connectivity index (χ3n) is 4.31. The molecule has 1 rings (SSSR count). The Morgan fingerprint density at radius 1 is 1.07 bits per heavy atom. The van der Waals surface area contributed by atoms with Gasteiger partial charge in [-0.2, -0.15) is 0 Å². The van der Waals surface area contributed by atoms with Gasteiger partial charge in [-0.3, -0.25) is 4.79 Å². The SMILES string of the molecule is CNCCNC(=O)C(O)C(O)C(OC1OC(CO)C(O)C(O)C1O)C(O)CO. The molecule has 9 atom stereocenters. The van der Waals surface area contributed by atoms with Gasteiger partial charge in [0.15, 0.2) is 12.4 Å². The largest absolute Gasteiger partial charge is 0.394 e. The fourth-order valence-corrected chi connectivity index (χ4v) is 2.59. The van der Waals surface area contributed by atoms with Crippen molar-refractivity contribution in [3.63, 3.8) is 0 Å². The number of carbonyl (C=O) groups is 1. The van der Waals surface area contributed by atoms with Gasteiger partial charge in [0.25, 0.3) is 5.91 Å². The molecular formula is C15H30N2O11. The average Bonchev–Trinajstić information content (AvgIpc) is 2.70.